The third-order valence-electron chi connectivity index (χ3n) is 3.50. The number of piperidine rings is 1. The van der Waals surface area contributed by atoms with Crippen LogP contribution in [0.2, 0.25) is 0 Å². The summed E-state index contributed by atoms with van der Waals surface area (Å²) >= 11 is 5.06. The molecule has 3 N–H and O–H groups in total. The summed E-state index contributed by atoms with van der Waals surface area (Å²) < 4.78 is 0. The fraction of sp³-hybridized carbons (Fsp3) is 0.538. The molecular formula is C13H20N4S. The van der Waals surface area contributed by atoms with Gasteiger partial charge in [-0.25, -0.2) is 9.99 Å². The van der Waals surface area contributed by atoms with Crippen molar-refractivity contribution in [2.75, 3.05) is 5.43 Å². The number of nitrogens with one attached hydrogen (secondary N) is 1. The smallest absolute Gasteiger partial charge is 0.150 e. The molecule has 0 aliphatic carbocycles. The molecule has 2 rings (SSSR count). The molecule has 0 saturated carbocycles. The zero-order valence-corrected chi connectivity index (χ0v) is 11.7. The Balaban J connectivity index is 2.20. The van der Waals surface area contributed by atoms with E-state index in [-0.39, 0.29) is 0 Å². The lowest BCUT2D eigenvalue weighted by atomic mass is 10.00. The van der Waals surface area contributed by atoms with Crippen LogP contribution >= 0.6 is 12.2 Å². The van der Waals surface area contributed by atoms with Gasteiger partial charge in [0.05, 0.1) is 5.56 Å². The zero-order chi connectivity index (χ0) is 13.1. The first kappa shape index (κ1) is 13.2. The summed E-state index contributed by atoms with van der Waals surface area (Å²) in [5.74, 6) is 0.755. The van der Waals surface area contributed by atoms with E-state index in [9.17, 15) is 0 Å². The van der Waals surface area contributed by atoms with E-state index in [4.69, 9.17) is 18.0 Å². The van der Waals surface area contributed by atoms with Gasteiger partial charge >= 0.3 is 0 Å². The van der Waals surface area contributed by atoms with Crippen LogP contribution in [-0.4, -0.2) is 27.1 Å². The molecule has 2 unspecified atom stereocenters. The highest BCUT2D eigenvalue weighted by atomic mass is 32.1. The van der Waals surface area contributed by atoms with E-state index in [1.54, 1.807) is 6.20 Å². The normalized spacial score (nSPS) is 24.8. The van der Waals surface area contributed by atoms with Crippen molar-refractivity contribution in [2.24, 2.45) is 5.73 Å². The minimum Gasteiger partial charge on any atom is -0.389 e. The van der Waals surface area contributed by atoms with Crippen LogP contribution in [0.5, 0.6) is 0 Å². The molecule has 1 aromatic rings. The number of hydrazine groups is 1. The van der Waals surface area contributed by atoms with Crippen molar-refractivity contribution in [2.45, 2.75) is 45.2 Å². The number of nitrogens with two attached hydrogens (primary N) is 1. The van der Waals surface area contributed by atoms with Crippen molar-refractivity contribution in [3.05, 3.63) is 23.9 Å². The zero-order valence-electron chi connectivity index (χ0n) is 10.9. The van der Waals surface area contributed by atoms with E-state index in [1.165, 1.54) is 19.3 Å². The third kappa shape index (κ3) is 2.79. The molecule has 1 saturated heterocycles. The van der Waals surface area contributed by atoms with Gasteiger partial charge in [0.15, 0.2) is 5.82 Å². The molecule has 1 aliphatic heterocycles. The van der Waals surface area contributed by atoms with Gasteiger partial charge in [-0.05, 0) is 38.8 Å². The monoisotopic (exact) mass is 264 g/mol. The van der Waals surface area contributed by atoms with Crippen LogP contribution in [0.15, 0.2) is 18.3 Å². The molecule has 0 spiro atoms. The molecule has 4 nitrogen and oxygen atoms in total. The largest absolute Gasteiger partial charge is 0.389 e. The SMILES string of the molecule is CC1CCCC(C)N1Nc1ncccc1C(N)=S. The second-order valence-corrected chi connectivity index (χ2v) is 5.35. The maximum Gasteiger partial charge on any atom is 0.150 e. The minimum absolute atomic E-state index is 0.378. The van der Waals surface area contributed by atoms with E-state index >= 15 is 0 Å². The summed E-state index contributed by atoms with van der Waals surface area (Å²) in [5, 5.41) is 2.26. The van der Waals surface area contributed by atoms with Crippen molar-refractivity contribution >= 4 is 23.0 Å². The Morgan fingerprint density at radius 2 is 2.11 bits per heavy atom. The van der Waals surface area contributed by atoms with E-state index in [2.05, 4.69) is 29.3 Å². The van der Waals surface area contributed by atoms with E-state index in [0.29, 0.717) is 17.1 Å². The Hall–Kier alpha value is -1.20. The predicted octanol–water partition coefficient (Wildman–Crippen LogP) is 2.31. The quantitative estimate of drug-likeness (QED) is 0.821. The molecule has 2 atom stereocenters. The summed E-state index contributed by atoms with van der Waals surface area (Å²) in [6, 6.07) is 4.74. The number of pyridine rings is 1. The molecule has 1 fully saturated rings. The molecule has 2 heterocycles. The molecule has 0 aromatic carbocycles. The van der Waals surface area contributed by atoms with E-state index in [0.717, 1.165) is 11.4 Å². The highest BCUT2D eigenvalue weighted by molar-refractivity contribution is 7.80. The van der Waals surface area contributed by atoms with Crippen LogP contribution in [-0.2, 0) is 0 Å². The lowest BCUT2D eigenvalue weighted by Crippen LogP contribution is -2.47. The maximum atomic E-state index is 5.72. The van der Waals surface area contributed by atoms with Gasteiger partial charge in [-0.2, -0.15) is 0 Å². The van der Waals surface area contributed by atoms with Gasteiger partial charge in [0.25, 0.3) is 0 Å². The third-order valence-corrected chi connectivity index (χ3v) is 3.72. The summed E-state index contributed by atoms with van der Waals surface area (Å²) in [7, 11) is 0. The number of aromatic nitrogens is 1. The lowest BCUT2D eigenvalue weighted by Gasteiger charge is -2.39. The topological polar surface area (TPSA) is 54.2 Å². The van der Waals surface area contributed by atoms with Crippen molar-refractivity contribution in [1.29, 1.82) is 0 Å². The van der Waals surface area contributed by atoms with Gasteiger partial charge in [-0.1, -0.05) is 18.6 Å². The number of hydrogen-bond donors (Lipinski definition) is 2. The second kappa shape index (κ2) is 5.63. The van der Waals surface area contributed by atoms with Gasteiger partial charge in [0.2, 0.25) is 0 Å². The van der Waals surface area contributed by atoms with Crippen molar-refractivity contribution in [3.8, 4) is 0 Å². The number of thiocarbonyl (C=S) groups is 1. The number of anilines is 1. The predicted molar refractivity (Wildman–Crippen MR) is 78.4 cm³/mol. The molecule has 1 aromatic heterocycles. The van der Waals surface area contributed by atoms with Crippen LogP contribution in [0.1, 0.15) is 38.7 Å². The molecule has 1 aliphatic rings. The van der Waals surface area contributed by atoms with Crippen LogP contribution in [0.3, 0.4) is 0 Å². The molecule has 0 amide bonds. The Bertz CT molecular complexity index is 425. The highest BCUT2D eigenvalue weighted by Crippen LogP contribution is 2.23. The Morgan fingerprint density at radius 1 is 1.44 bits per heavy atom. The summed E-state index contributed by atoms with van der Waals surface area (Å²) in [5.41, 5.74) is 9.91. The first-order valence-electron chi connectivity index (χ1n) is 6.39. The number of rotatable bonds is 3. The molecule has 98 valence electrons. The molecule has 5 heteroatoms. The average Bonchev–Trinajstić information content (AvgIpc) is 2.34. The average molecular weight is 264 g/mol. The number of hydrogen-bond acceptors (Lipinski definition) is 4. The summed E-state index contributed by atoms with van der Waals surface area (Å²) in [6.07, 6.45) is 5.44. The number of nitrogens with zero attached hydrogens (tertiary/aromatic N) is 2. The minimum atomic E-state index is 0.378. The highest BCUT2D eigenvalue weighted by Gasteiger charge is 2.25. The summed E-state index contributed by atoms with van der Waals surface area (Å²) in [6.45, 7) is 4.46. The first-order valence-corrected chi connectivity index (χ1v) is 6.80. The maximum absolute atomic E-state index is 5.72. The Kier molecular flexibility index (Phi) is 4.14. The fourth-order valence-electron chi connectivity index (χ4n) is 2.46. The fourth-order valence-corrected chi connectivity index (χ4v) is 2.62. The van der Waals surface area contributed by atoms with Gasteiger partial charge in [-0.3, -0.25) is 0 Å². The van der Waals surface area contributed by atoms with Crippen LogP contribution in [0, 0.1) is 0 Å². The van der Waals surface area contributed by atoms with Gasteiger partial charge in [0, 0.05) is 18.3 Å². The molecule has 18 heavy (non-hydrogen) atoms. The lowest BCUT2D eigenvalue weighted by molar-refractivity contribution is 0.135. The van der Waals surface area contributed by atoms with E-state index in [1.807, 2.05) is 12.1 Å². The molecule has 0 bridgehead atoms. The van der Waals surface area contributed by atoms with Crippen molar-refractivity contribution in [3.63, 3.8) is 0 Å². The summed E-state index contributed by atoms with van der Waals surface area (Å²) in [4.78, 5) is 4.72. The Morgan fingerprint density at radius 3 is 2.72 bits per heavy atom. The van der Waals surface area contributed by atoms with Gasteiger partial charge < -0.3 is 11.2 Å². The Labute approximate surface area is 114 Å². The van der Waals surface area contributed by atoms with Crippen LogP contribution in [0.4, 0.5) is 5.82 Å². The molecular weight excluding hydrogens is 244 g/mol. The standard InChI is InChI=1S/C13H20N4S/c1-9-5-3-6-10(2)17(9)16-13-11(12(14)18)7-4-8-15-13/h4,7-10H,3,5-6H2,1-2H3,(H2,14,18)(H,15,16). The van der Waals surface area contributed by atoms with Gasteiger partial charge in [0.1, 0.15) is 4.99 Å². The van der Waals surface area contributed by atoms with Crippen LogP contribution < -0.4 is 11.2 Å². The van der Waals surface area contributed by atoms with E-state index < -0.39 is 0 Å². The first-order chi connectivity index (χ1) is 8.59. The van der Waals surface area contributed by atoms with Crippen molar-refractivity contribution < 1.29 is 0 Å². The van der Waals surface area contributed by atoms with Gasteiger partial charge in [-0.15, -0.1) is 0 Å². The van der Waals surface area contributed by atoms with Crippen LogP contribution in [0.25, 0.3) is 0 Å². The van der Waals surface area contributed by atoms with Crippen molar-refractivity contribution in [1.82, 2.24) is 9.99 Å². The molecule has 0 radical (unpaired) electrons. The second-order valence-electron chi connectivity index (χ2n) is 4.91.